The first kappa shape index (κ1) is 14.2. The summed E-state index contributed by atoms with van der Waals surface area (Å²) < 4.78 is 5.35. The molecule has 1 aromatic rings. The summed E-state index contributed by atoms with van der Waals surface area (Å²) >= 11 is 0. The minimum absolute atomic E-state index is 0.233. The van der Waals surface area contributed by atoms with E-state index < -0.39 is 0 Å². The molecule has 1 aliphatic rings. The molecule has 104 valence electrons. The molecular formula is C16H23NO2. The van der Waals surface area contributed by atoms with E-state index in [4.69, 9.17) is 4.74 Å². The topological polar surface area (TPSA) is 29.5 Å². The van der Waals surface area contributed by atoms with Crippen LogP contribution in [0.2, 0.25) is 0 Å². The summed E-state index contributed by atoms with van der Waals surface area (Å²) in [5.41, 5.74) is 3.09. The number of aryl methyl sites for hydroxylation is 2. The van der Waals surface area contributed by atoms with Crippen LogP contribution in [0.25, 0.3) is 0 Å². The van der Waals surface area contributed by atoms with Gasteiger partial charge in [0.25, 0.3) is 0 Å². The Morgan fingerprint density at radius 1 is 1.32 bits per heavy atom. The molecule has 0 radical (unpaired) electrons. The van der Waals surface area contributed by atoms with Gasteiger partial charge in [-0.3, -0.25) is 9.69 Å². The highest BCUT2D eigenvalue weighted by Gasteiger charge is 2.21. The van der Waals surface area contributed by atoms with Gasteiger partial charge >= 0.3 is 0 Å². The van der Waals surface area contributed by atoms with Crippen LogP contribution in [0, 0.1) is 13.8 Å². The Hall–Kier alpha value is -1.19. The van der Waals surface area contributed by atoms with Crippen molar-refractivity contribution < 1.29 is 9.53 Å². The van der Waals surface area contributed by atoms with Gasteiger partial charge in [0.05, 0.1) is 12.6 Å². The number of benzene rings is 1. The van der Waals surface area contributed by atoms with E-state index in [1.807, 2.05) is 26.0 Å². The molecule has 0 N–H and O–H groups in total. The summed E-state index contributed by atoms with van der Waals surface area (Å²) in [4.78, 5) is 14.6. The lowest BCUT2D eigenvalue weighted by molar-refractivity contribution is 0.0401. The second-order valence-electron chi connectivity index (χ2n) is 5.45. The van der Waals surface area contributed by atoms with Crippen molar-refractivity contribution >= 4 is 5.78 Å². The van der Waals surface area contributed by atoms with Gasteiger partial charge in [0, 0.05) is 25.8 Å². The second kappa shape index (κ2) is 6.31. The lowest BCUT2D eigenvalue weighted by atomic mass is 10.0. The van der Waals surface area contributed by atoms with E-state index in [9.17, 15) is 4.79 Å². The van der Waals surface area contributed by atoms with Crippen LogP contribution in [0.3, 0.4) is 0 Å². The lowest BCUT2D eigenvalue weighted by Crippen LogP contribution is -2.39. The predicted octanol–water partition coefficient (Wildman–Crippen LogP) is 2.60. The molecule has 3 heteroatoms. The minimum atomic E-state index is 0.233. The Morgan fingerprint density at radius 3 is 2.63 bits per heavy atom. The van der Waals surface area contributed by atoms with Crippen LogP contribution in [0.4, 0.5) is 0 Å². The Balaban J connectivity index is 1.96. The fraction of sp³-hybridized carbons (Fsp3) is 0.562. The second-order valence-corrected chi connectivity index (χ2v) is 5.45. The molecule has 3 nitrogen and oxygen atoms in total. The van der Waals surface area contributed by atoms with E-state index in [1.165, 1.54) is 0 Å². The number of methoxy groups -OCH3 is 1. The lowest BCUT2D eigenvalue weighted by Gasteiger charge is -2.30. The zero-order valence-corrected chi connectivity index (χ0v) is 12.1. The third kappa shape index (κ3) is 3.64. The SMILES string of the molecule is COC1CCN(CC(=O)c2cc(C)ccc2C)CC1. The number of ether oxygens (including phenoxy) is 1. The number of hydrogen-bond donors (Lipinski definition) is 0. The summed E-state index contributed by atoms with van der Waals surface area (Å²) in [5, 5.41) is 0. The van der Waals surface area contributed by atoms with Crippen LogP contribution in [0.1, 0.15) is 34.3 Å². The molecule has 1 heterocycles. The van der Waals surface area contributed by atoms with Crippen molar-refractivity contribution in [2.45, 2.75) is 32.8 Å². The van der Waals surface area contributed by atoms with Gasteiger partial charge in [0.2, 0.25) is 0 Å². The van der Waals surface area contributed by atoms with Crippen molar-refractivity contribution in [1.29, 1.82) is 0 Å². The van der Waals surface area contributed by atoms with E-state index >= 15 is 0 Å². The molecule has 0 bridgehead atoms. The third-order valence-corrected chi connectivity index (χ3v) is 3.93. The number of rotatable bonds is 4. The first-order valence-electron chi connectivity index (χ1n) is 6.95. The van der Waals surface area contributed by atoms with Gasteiger partial charge in [0.1, 0.15) is 0 Å². The number of hydrogen-bond acceptors (Lipinski definition) is 3. The van der Waals surface area contributed by atoms with Gasteiger partial charge in [-0.25, -0.2) is 0 Å². The molecule has 0 spiro atoms. The Morgan fingerprint density at radius 2 is 2.00 bits per heavy atom. The van der Waals surface area contributed by atoms with Gasteiger partial charge in [0.15, 0.2) is 5.78 Å². The van der Waals surface area contributed by atoms with Crippen molar-refractivity contribution in [3.8, 4) is 0 Å². The highest BCUT2D eigenvalue weighted by Crippen LogP contribution is 2.16. The van der Waals surface area contributed by atoms with Crippen LogP contribution in [-0.2, 0) is 4.74 Å². The van der Waals surface area contributed by atoms with Gasteiger partial charge in [-0.2, -0.15) is 0 Å². The zero-order valence-electron chi connectivity index (χ0n) is 12.1. The Bertz CT molecular complexity index is 448. The number of likely N-dealkylation sites (tertiary alicyclic amines) is 1. The molecular weight excluding hydrogens is 238 g/mol. The molecule has 0 aliphatic carbocycles. The van der Waals surface area contributed by atoms with Gasteiger partial charge < -0.3 is 4.74 Å². The van der Waals surface area contributed by atoms with Crippen molar-refractivity contribution in [3.63, 3.8) is 0 Å². The summed E-state index contributed by atoms with van der Waals surface area (Å²) in [6, 6.07) is 6.08. The van der Waals surface area contributed by atoms with Gasteiger partial charge in [-0.05, 0) is 38.3 Å². The van der Waals surface area contributed by atoms with Crippen LogP contribution < -0.4 is 0 Å². The largest absolute Gasteiger partial charge is 0.381 e. The van der Waals surface area contributed by atoms with Crippen molar-refractivity contribution in [2.24, 2.45) is 0 Å². The van der Waals surface area contributed by atoms with E-state index in [0.717, 1.165) is 42.6 Å². The average molecular weight is 261 g/mol. The van der Waals surface area contributed by atoms with Gasteiger partial charge in [-0.1, -0.05) is 17.7 Å². The highest BCUT2D eigenvalue weighted by atomic mass is 16.5. The standard InChI is InChI=1S/C16H23NO2/c1-12-4-5-13(2)15(10-12)16(18)11-17-8-6-14(19-3)7-9-17/h4-5,10,14H,6-9,11H2,1-3H3. The maximum absolute atomic E-state index is 12.4. The molecule has 1 saturated heterocycles. The summed E-state index contributed by atoms with van der Waals surface area (Å²) in [6.45, 7) is 6.47. The van der Waals surface area contributed by atoms with Crippen LogP contribution in [-0.4, -0.2) is 43.5 Å². The summed E-state index contributed by atoms with van der Waals surface area (Å²) in [7, 11) is 1.77. The van der Waals surface area contributed by atoms with Crippen LogP contribution in [0.5, 0.6) is 0 Å². The molecule has 2 rings (SSSR count). The first-order chi connectivity index (χ1) is 9.10. The maximum atomic E-state index is 12.4. The molecule has 1 aromatic carbocycles. The fourth-order valence-corrected chi connectivity index (χ4v) is 2.63. The third-order valence-electron chi connectivity index (χ3n) is 3.93. The highest BCUT2D eigenvalue weighted by molar-refractivity contribution is 5.99. The normalized spacial score (nSPS) is 17.6. The summed E-state index contributed by atoms with van der Waals surface area (Å²) in [5.74, 6) is 0.233. The Kier molecular flexibility index (Phi) is 4.72. The van der Waals surface area contributed by atoms with Crippen molar-refractivity contribution in [2.75, 3.05) is 26.7 Å². The quantitative estimate of drug-likeness (QED) is 0.780. The molecule has 0 amide bonds. The molecule has 1 fully saturated rings. The Labute approximate surface area is 115 Å². The number of Topliss-reactive ketones (excluding diaryl/α,β-unsaturated/α-hetero) is 1. The van der Waals surface area contributed by atoms with E-state index in [-0.39, 0.29) is 5.78 Å². The number of piperidine rings is 1. The minimum Gasteiger partial charge on any atom is -0.381 e. The maximum Gasteiger partial charge on any atom is 0.177 e. The van der Waals surface area contributed by atoms with Crippen molar-refractivity contribution in [1.82, 2.24) is 4.90 Å². The van der Waals surface area contributed by atoms with Crippen LogP contribution >= 0.6 is 0 Å². The zero-order chi connectivity index (χ0) is 13.8. The fourth-order valence-electron chi connectivity index (χ4n) is 2.63. The van der Waals surface area contributed by atoms with E-state index in [2.05, 4.69) is 11.0 Å². The molecule has 1 aliphatic heterocycles. The molecule has 0 unspecified atom stereocenters. The van der Waals surface area contributed by atoms with Crippen LogP contribution in [0.15, 0.2) is 18.2 Å². The number of carbonyl (C=O) groups is 1. The molecule has 0 saturated carbocycles. The number of ketones is 1. The van der Waals surface area contributed by atoms with E-state index in [0.29, 0.717) is 12.6 Å². The first-order valence-corrected chi connectivity index (χ1v) is 6.95. The smallest absolute Gasteiger partial charge is 0.177 e. The van der Waals surface area contributed by atoms with Crippen molar-refractivity contribution in [3.05, 3.63) is 34.9 Å². The predicted molar refractivity (Wildman–Crippen MR) is 76.7 cm³/mol. The molecule has 19 heavy (non-hydrogen) atoms. The summed E-state index contributed by atoms with van der Waals surface area (Å²) in [6.07, 6.45) is 2.42. The average Bonchev–Trinajstić information content (AvgIpc) is 2.42. The van der Waals surface area contributed by atoms with Gasteiger partial charge in [-0.15, -0.1) is 0 Å². The monoisotopic (exact) mass is 261 g/mol. The number of carbonyl (C=O) groups excluding carboxylic acids is 1. The molecule has 0 aromatic heterocycles. The number of nitrogens with zero attached hydrogens (tertiary/aromatic N) is 1. The molecule has 0 atom stereocenters. The van der Waals surface area contributed by atoms with E-state index in [1.54, 1.807) is 7.11 Å².